The van der Waals surface area contributed by atoms with E-state index in [1.165, 1.54) is 30.4 Å². The summed E-state index contributed by atoms with van der Waals surface area (Å²) in [5.41, 5.74) is 2.95. The molecule has 3 heteroatoms. The van der Waals surface area contributed by atoms with Gasteiger partial charge in [-0.3, -0.25) is 0 Å². The van der Waals surface area contributed by atoms with E-state index in [0.29, 0.717) is 12.0 Å². The van der Waals surface area contributed by atoms with Gasteiger partial charge in [0, 0.05) is 18.4 Å². The summed E-state index contributed by atoms with van der Waals surface area (Å²) in [6.45, 7) is 4.87. The molecule has 4 rings (SSSR count). The van der Waals surface area contributed by atoms with Gasteiger partial charge in [-0.1, -0.05) is 60.7 Å². The van der Waals surface area contributed by atoms with Crippen LogP contribution in [-0.4, -0.2) is 49.0 Å². The molecule has 1 heterocycles. The van der Waals surface area contributed by atoms with Crippen LogP contribution in [0.4, 0.5) is 0 Å². The van der Waals surface area contributed by atoms with Crippen LogP contribution in [0.2, 0.25) is 0 Å². The van der Waals surface area contributed by atoms with Gasteiger partial charge in [-0.2, -0.15) is 5.01 Å². The average molecular weight is 352 g/mol. The summed E-state index contributed by atoms with van der Waals surface area (Å²) >= 11 is 0. The summed E-state index contributed by atoms with van der Waals surface area (Å²) in [4.78, 5) is 0. The lowest BCUT2D eigenvalue weighted by Gasteiger charge is -2.48. The molecule has 3 nitrogen and oxygen atoms in total. The summed E-state index contributed by atoms with van der Waals surface area (Å²) in [5, 5.41) is 2.66. The molecule has 1 aliphatic carbocycles. The van der Waals surface area contributed by atoms with Gasteiger partial charge in [-0.15, -0.1) is 0 Å². The number of nitrogens with zero attached hydrogens (tertiary/aromatic N) is 2. The topological polar surface area (TPSA) is 12.5 Å². The van der Waals surface area contributed by atoms with Crippen LogP contribution in [0.1, 0.15) is 36.3 Å². The van der Waals surface area contributed by atoms with E-state index in [1.54, 1.807) is 0 Å². The van der Waals surface area contributed by atoms with E-state index >= 15 is 0 Å². The number of rotatable bonds is 5. The Balaban J connectivity index is 1.56. The van der Waals surface area contributed by atoms with Crippen molar-refractivity contribution in [2.75, 3.05) is 33.4 Å². The molecular weight excluding hydrogens is 320 g/mol. The smallest absolute Gasteiger partial charge is 0.122 e. The van der Waals surface area contributed by atoms with E-state index in [2.05, 4.69) is 72.7 Å². The van der Waals surface area contributed by atoms with Crippen LogP contribution in [0.3, 0.4) is 0 Å². The Kier molecular flexibility index (Phi) is 5.39. The van der Waals surface area contributed by atoms with Crippen molar-refractivity contribution in [1.29, 1.82) is 0 Å². The quantitative estimate of drug-likeness (QED) is 0.748. The molecule has 2 aromatic carbocycles. The van der Waals surface area contributed by atoms with Crippen LogP contribution >= 0.6 is 0 Å². The maximum atomic E-state index is 5.65. The van der Waals surface area contributed by atoms with Crippen molar-refractivity contribution in [3.8, 4) is 0 Å². The number of ether oxygens (including phenoxy) is 1. The Morgan fingerprint density at radius 3 is 2.27 bits per heavy atom. The zero-order valence-electron chi connectivity index (χ0n) is 15.9. The predicted octanol–water partition coefficient (Wildman–Crippen LogP) is 4.22. The Morgan fingerprint density at radius 1 is 0.923 bits per heavy atom. The molecule has 0 amide bonds. The fourth-order valence-corrected chi connectivity index (χ4v) is 4.91. The van der Waals surface area contributed by atoms with Gasteiger partial charge >= 0.3 is 0 Å². The molecule has 2 aliphatic rings. The molecule has 0 aromatic heterocycles. The monoisotopic (exact) mass is 351 g/mol. The minimum Gasteiger partial charge on any atom is -0.378 e. The van der Waals surface area contributed by atoms with Gasteiger partial charge in [0.25, 0.3) is 0 Å². The zero-order valence-corrected chi connectivity index (χ0v) is 15.9. The minimum atomic E-state index is 0.679. The average Bonchev–Trinajstić information content (AvgIpc) is 3.21. The lowest BCUT2D eigenvalue weighted by atomic mass is 9.97. The molecule has 3 atom stereocenters. The molecule has 3 unspecified atom stereocenters. The summed E-state index contributed by atoms with van der Waals surface area (Å²) in [6, 6.07) is 22.8. The zero-order chi connectivity index (χ0) is 17.8. The molecule has 0 bridgehead atoms. The molecule has 1 saturated heterocycles. The third-order valence-electron chi connectivity index (χ3n) is 6.44. The number of hydrogen-bond acceptors (Lipinski definition) is 2. The number of morpholine rings is 1. The van der Waals surface area contributed by atoms with Gasteiger partial charge in [-0.25, -0.2) is 4.59 Å². The van der Waals surface area contributed by atoms with Crippen molar-refractivity contribution in [3.05, 3.63) is 71.8 Å². The Morgan fingerprint density at radius 2 is 1.58 bits per heavy atom. The van der Waals surface area contributed by atoms with Crippen LogP contribution in [0.5, 0.6) is 0 Å². The minimum absolute atomic E-state index is 0.679. The molecule has 0 spiro atoms. The summed E-state index contributed by atoms with van der Waals surface area (Å²) < 4.78 is 6.67. The van der Waals surface area contributed by atoms with Gasteiger partial charge in [0.05, 0.1) is 33.4 Å². The predicted molar refractivity (Wildman–Crippen MR) is 106 cm³/mol. The number of benzene rings is 2. The molecule has 0 N–H and O–H groups in total. The molecule has 0 radical (unpaired) electrons. The highest BCUT2D eigenvalue weighted by molar-refractivity contribution is 5.21. The van der Waals surface area contributed by atoms with Gasteiger partial charge in [0.15, 0.2) is 0 Å². The van der Waals surface area contributed by atoms with Crippen LogP contribution in [-0.2, 0) is 11.3 Å². The largest absolute Gasteiger partial charge is 0.378 e. The lowest BCUT2D eigenvalue weighted by molar-refractivity contribution is -1.05. The summed E-state index contributed by atoms with van der Waals surface area (Å²) in [6.07, 6.45) is 3.90. The molecule has 2 fully saturated rings. The molecule has 1 saturated carbocycles. The van der Waals surface area contributed by atoms with E-state index in [0.717, 1.165) is 37.4 Å². The second kappa shape index (κ2) is 7.91. The van der Waals surface area contributed by atoms with Crippen molar-refractivity contribution in [1.82, 2.24) is 5.01 Å². The van der Waals surface area contributed by atoms with E-state index in [9.17, 15) is 0 Å². The van der Waals surface area contributed by atoms with E-state index in [1.807, 2.05) is 0 Å². The summed E-state index contributed by atoms with van der Waals surface area (Å²) in [7, 11) is 2.45. The first kappa shape index (κ1) is 17.7. The van der Waals surface area contributed by atoms with Crippen molar-refractivity contribution >= 4 is 0 Å². The van der Waals surface area contributed by atoms with Crippen LogP contribution in [0.25, 0.3) is 0 Å². The van der Waals surface area contributed by atoms with Gasteiger partial charge in [0.2, 0.25) is 0 Å². The second-order valence-corrected chi connectivity index (χ2v) is 8.00. The maximum absolute atomic E-state index is 5.65. The lowest BCUT2D eigenvalue weighted by Crippen LogP contribution is -2.64. The third kappa shape index (κ3) is 3.71. The van der Waals surface area contributed by atoms with Crippen molar-refractivity contribution in [3.63, 3.8) is 0 Å². The Hall–Kier alpha value is -1.68. The highest BCUT2D eigenvalue weighted by Crippen LogP contribution is 2.40. The SMILES string of the molecule is C[N+](Cc1ccccc1)(C1CCC(c2ccccc2)C1)N1CCOCC1. The first-order valence-electron chi connectivity index (χ1n) is 10.0. The molecule has 2 aromatic rings. The normalized spacial score (nSPS) is 26.5. The van der Waals surface area contributed by atoms with Crippen LogP contribution in [0, 0.1) is 0 Å². The number of hydrogen-bond donors (Lipinski definition) is 0. The first-order valence-corrected chi connectivity index (χ1v) is 10.0. The van der Waals surface area contributed by atoms with E-state index in [4.69, 9.17) is 4.74 Å². The fourth-order valence-electron chi connectivity index (χ4n) is 4.91. The molecular formula is C23H31N2O+. The second-order valence-electron chi connectivity index (χ2n) is 8.00. The van der Waals surface area contributed by atoms with Gasteiger partial charge < -0.3 is 4.74 Å². The summed E-state index contributed by atoms with van der Waals surface area (Å²) in [5.74, 6) is 0.704. The highest BCUT2D eigenvalue weighted by Gasteiger charge is 2.44. The van der Waals surface area contributed by atoms with E-state index < -0.39 is 0 Å². The van der Waals surface area contributed by atoms with Crippen molar-refractivity contribution in [2.24, 2.45) is 0 Å². The maximum Gasteiger partial charge on any atom is 0.122 e. The Labute approximate surface area is 157 Å². The third-order valence-corrected chi connectivity index (χ3v) is 6.44. The molecule has 1 aliphatic heterocycles. The molecule has 138 valence electrons. The fraction of sp³-hybridized carbons (Fsp3) is 0.478. The number of quaternary nitrogens is 1. The highest BCUT2D eigenvalue weighted by atomic mass is 16.5. The first-order chi connectivity index (χ1) is 12.8. The standard InChI is InChI=1S/C23H31N2O/c1-25(24-14-16-26-17-15-24,19-20-8-4-2-5-9-20)23-13-12-22(18-23)21-10-6-3-7-11-21/h2-11,22-23H,12-19H2,1H3/q+1. The van der Waals surface area contributed by atoms with Crippen molar-refractivity contribution in [2.45, 2.75) is 37.8 Å². The Bertz CT molecular complexity index is 684. The van der Waals surface area contributed by atoms with Crippen molar-refractivity contribution < 1.29 is 9.33 Å². The van der Waals surface area contributed by atoms with Gasteiger partial charge in [-0.05, 0) is 17.9 Å². The molecule has 26 heavy (non-hydrogen) atoms. The van der Waals surface area contributed by atoms with Crippen LogP contribution < -0.4 is 0 Å². The van der Waals surface area contributed by atoms with E-state index in [-0.39, 0.29) is 0 Å². The van der Waals surface area contributed by atoms with Gasteiger partial charge in [0.1, 0.15) is 12.6 Å². The van der Waals surface area contributed by atoms with Crippen LogP contribution in [0.15, 0.2) is 60.7 Å².